The topological polar surface area (TPSA) is 96.9 Å². The van der Waals surface area contributed by atoms with Gasteiger partial charge >= 0.3 is 0 Å². The predicted molar refractivity (Wildman–Crippen MR) is 99.8 cm³/mol. The van der Waals surface area contributed by atoms with Gasteiger partial charge in [-0.05, 0) is 18.2 Å². The van der Waals surface area contributed by atoms with Crippen molar-refractivity contribution in [2.75, 3.05) is 31.1 Å². The number of piperazine rings is 1. The number of nitrogens with zero attached hydrogens (tertiary/aromatic N) is 6. The summed E-state index contributed by atoms with van der Waals surface area (Å²) in [6, 6.07) is 10.2. The van der Waals surface area contributed by atoms with Crippen LogP contribution in [-0.2, 0) is 6.54 Å². The standard InChI is InChI=1S/C18H18N6O3/c25-18-11-14(20-17-3-1-2-6-23(17)18)13-21-7-9-22(10-8-21)16-5-4-15(12-19-16)24(26)27/h1-6,11-12H,7-10,13H2. The van der Waals surface area contributed by atoms with E-state index in [1.165, 1.54) is 16.7 Å². The van der Waals surface area contributed by atoms with Gasteiger partial charge in [0.05, 0.1) is 10.6 Å². The minimum atomic E-state index is -0.451. The number of aromatic nitrogens is 3. The van der Waals surface area contributed by atoms with Gasteiger partial charge in [-0.15, -0.1) is 0 Å². The molecule has 9 heteroatoms. The van der Waals surface area contributed by atoms with Crippen molar-refractivity contribution in [1.29, 1.82) is 0 Å². The molecule has 0 spiro atoms. The Morgan fingerprint density at radius 2 is 1.93 bits per heavy atom. The van der Waals surface area contributed by atoms with Crippen LogP contribution in [0.15, 0.2) is 53.6 Å². The third-order valence-electron chi connectivity index (χ3n) is 4.65. The second kappa shape index (κ2) is 7.12. The van der Waals surface area contributed by atoms with Crippen molar-refractivity contribution >= 4 is 17.2 Å². The fraction of sp³-hybridized carbons (Fsp3) is 0.278. The van der Waals surface area contributed by atoms with Gasteiger partial charge in [0.25, 0.3) is 11.2 Å². The maximum absolute atomic E-state index is 12.2. The number of anilines is 1. The van der Waals surface area contributed by atoms with E-state index in [4.69, 9.17) is 0 Å². The van der Waals surface area contributed by atoms with Crippen molar-refractivity contribution in [3.8, 4) is 0 Å². The quantitative estimate of drug-likeness (QED) is 0.507. The van der Waals surface area contributed by atoms with Crippen LogP contribution >= 0.6 is 0 Å². The lowest BCUT2D eigenvalue weighted by Gasteiger charge is -2.35. The molecule has 1 aliphatic heterocycles. The van der Waals surface area contributed by atoms with Crippen molar-refractivity contribution in [2.45, 2.75) is 6.54 Å². The van der Waals surface area contributed by atoms with E-state index in [1.807, 2.05) is 12.1 Å². The van der Waals surface area contributed by atoms with Gasteiger partial charge < -0.3 is 4.90 Å². The maximum atomic E-state index is 12.2. The first-order valence-electron chi connectivity index (χ1n) is 8.65. The molecule has 0 N–H and O–H groups in total. The number of pyridine rings is 2. The zero-order valence-corrected chi connectivity index (χ0v) is 14.6. The second-order valence-electron chi connectivity index (χ2n) is 6.41. The molecule has 9 nitrogen and oxygen atoms in total. The summed E-state index contributed by atoms with van der Waals surface area (Å²) in [5.74, 6) is 0.738. The molecule has 1 saturated heterocycles. The summed E-state index contributed by atoms with van der Waals surface area (Å²) < 4.78 is 1.53. The molecule has 27 heavy (non-hydrogen) atoms. The molecular weight excluding hydrogens is 348 g/mol. The monoisotopic (exact) mass is 366 g/mol. The highest BCUT2D eigenvalue weighted by molar-refractivity contribution is 5.43. The normalized spacial score (nSPS) is 15.2. The number of hydrogen-bond donors (Lipinski definition) is 0. The summed E-state index contributed by atoms with van der Waals surface area (Å²) in [5.41, 5.74) is 1.32. The Kier molecular flexibility index (Phi) is 4.51. The van der Waals surface area contributed by atoms with Crippen LogP contribution in [-0.4, -0.2) is 50.4 Å². The molecule has 0 bridgehead atoms. The summed E-state index contributed by atoms with van der Waals surface area (Å²) >= 11 is 0. The van der Waals surface area contributed by atoms with Crippen LogP contribution in [0.1, 0.15) is 5.69 Å². The molecule has 0 atom stereocenters. The van der Waals surface area contributed by atoms with E-state index in [0.29, 0.717) is 12.2 Å². The molecule has 3 aromatic heterocycles. The molecule has 4 rings (SSSR count). The predicted octanol–water partition coefficient (Wildman–Crippen LogP) is 1.32. The SMILES string of the molecule is O=c1cc(CN2CCN(c3ccc([N+](=O)[O-])cn3)CC2)nc2ccccn12. The average molecular weight is 366 g/mol. The van der Waals surface area contributed by atoms with Gasteiger partial charge in [-0.3, -0.25) is 24.2 Å². The van der Waals surface area contributed by atoms with Crippen LogP contribution in [0.25, 0.3) is 5.65 Å². The van der Waals surface area contributed by atoms with Crippen molar-refractivity contribution in [3.05, 3.63) is 75.0 Å². The van der Waals surface area contributed by atoms with Crippen LogP contribution in [0.2, 0.25) is 0 Å². The first-order valence-corrected chi connectivity index (χ1v) is 8.65. The van der Waals surface area contributed by atoms with Gasteiger partial charge in [0.15, 0.2) is 0 Å². The summed E-state index contributed by atoms with van der Waals surface area (Å²) in [5, 5.41) is 10.7. The van der Waals surface area contributed by atoms with Gasteiger partial charge in [-0.2, -0.15) is 0 Å². The van der Waals surface area contributed by atoms with Gasteiger partial charge in [0.2, 0.25) is 0 Å². The smallest absolute Gasteiger partial charge is 0.287 e. The van der Waals surface area contributed by atoms with Crippen LogP contribution in [0.3, 0.4) is 0 Å². The summed E-state index contributed by atoms with van der Waals surface area (Å²) in [7, 11) is 0. The molecule has 3 aromatic rings. The van der Waals surface area contributed by atoms with Crippen LogP contribution in [0.4, 0.5) is 11.5 Å². The van der Waals surface area contributed by atoms with Gasteiger partial charge in [-0.1, -0.05) is 6.07 Å². The molecule has 4 heterocycles. The highest BCUT2D eigenvalue weighted by Gasteiger charge is 2.19. The van der Waals surface area contributed by atoms with Crippen molar-refractivity contribution in [2.24, 2.45) is 0 Å². The zero-order valence-electron chi connectivity index (χ0n) is 14.6. The first kappa shape index (κ1) is 17.1. The van der Waals surface area contributed by atoms with E-state index in [2.05, 4.69) is 19.8 Å². The Bertz CT molecular complexity index is 1030. The van der Waals surface area contributed by atoms with E-state index >= 15 is 0 Å². The van der Waals surface area contributed by atoms with Crippen LogP contribution in [0, 0.1) is 10.1 Å². The Labute approximate surface area is 154 Å². The van der Waals surface area contributed by atoms with Crippen molar-refractivity contribution < 1.29 is 4.92 Å². The summed E-state index contributed by atoms with van der Waals surface area (Å²) in [4.78, 5) is 35.6. The molecule has 0 amide bonds. The Morgan fingerprint density at radius 3 is 2.63 bits per heavy atom. The first-order chi connectivity index (χ1) is 13.1. The number of nitro groups is 1. The highest BCUT2D eigenvalue weighted by atomic mass is 16.6. The van der Waals surface area contributed by atoms with E-state index in [-0.39, 0.29) is 11.2 Å². The Balaban J connectivity index is 1.41. The number of hydrogen-bond acceptors (Lipinski definition) is 7. The molecule has 0 unspecified atom stereocenters. The lowest BCUT2D eigenvalue weighted by Crippen LogP contribution is -2.46. The lowest BCUT2D eigenvalue weighted by molar-refractivity contribution is -0.385. The molecule has 0 aliphatic carbocycles. The van der Waals surface area contributed by atoms with Crippen LogP contribution < -0.4 is 10.5 Å². The van der Waals surface area contributed by atoms with Crippen molar-refractivity contribution in [1.82, 2.24) is 19.3 Å². The van der Waals surface area contributed by atoms with Gasteiger partial charge in [0.1, 0.15) is 17.7 Å². The van der Waals surface area contributed by atoms with E-state index in [0.717, 1.165) is 37.7 Å². The molecular formula is C18H18N6O3. The molecule has 1 fully saturated rings. The minimum Gasteiger partial charge on any atom is -0.354 e. The molecule has 0 radical (unpaired) electrons. The Hall–Kier alpha value is -3.33. The zero-order chi connectivity index (χ0) is 18.8. The number of rotatable bonds is 4. The van der Waals surface area contributed by atoms with E-state index < -0.39 is 4.92 Å². The third-order valence-corrected chi connectivity index (χ3v) is 4.65. The van der Waals surface area contributed by atoms with Gasteiger partial charge in [-0.25, -0.2) is 9.97 Å². The lowest BCUT2D eigenvalue weighted by atomic mass is 10.2. The maximum Gasteiger partial charge on any atom is 0.287 e. The van der Waals surface area contributed by atoms with E-state index in [1.54, 1.807) is 24.4 Å². The fourth-order valence-corrected chi connectivity index (χ4v) is 3.22. The minimum absolute atomic E-state index is 0.00829. The molecule has 0 aromatic carbocycles. The van der Waals surface area contributed by atoms with Crippen LogP contribution in [0.5, 0.6) is 0 Å². The summed E-state index contributed by atoms with van der Waals surface area (Å²) in [6.07, 6.45) is 3.00. The molecule has 138 valence electrons. The molecule has 1 aliphatic rings. The largest absolute Gasteiger partial charge is 0.354 e. The van der Waals surface area contributed by atoms with E-state index in [9.17, 15) is 14.9 Å². The summed E-state index contributed by atoms with van der Waals surface area (Å²) in [6.45, 7) is 3.74. The highest BCUT2D eigenvalue weighted by Crippen LogP contribution is 2.18. The Morgan fingerprint density at radius 1 is 1.11 bits per heavy atom. The molecule has 0 saturated carbocycles. The second-order valence-corrected chi connectivity index (χ2v) is 6.41. The van der Waals surface area contributed by atoms with Crippen molar-refractivity contribution in [3.63, 3.8) is 0 Å². The number of fused-ring (bicyclic) bond motifs is 1. The third kappa shape index (κ3) is 3.63. The fourth-order valence-electron chi connectivity index (χ4n) is 3.22. The van der Waals surface area contributed by atoms with Gasteiger partial charge in [0, 0.05) is 51.1 Å². The average Bonchev–Trinajstić information content (AvgIpc) is 2.69.